The molecule has 0 aliphatic carbocycles. The van der Waals surface area contributed by atoms with Crippen molar-refractivity contribution in [3.05, 3.63) is 0 Å². The van der Waals surface area contributed by atoms with E-state index in [1.54, 1.807) is 0 Å². The maximum atomic E-state index is 8.35. The lowest BCUT2D eigenvalue weighted by molar-refractivity contribution is 0.308. The van der Waals surface area contributed by atoms with Gasteiger partial charge in [-0.05, 0) is 18.3 Å². The summed E-state index contributed by atoms with van der Waals surface area (Å²) in [6.07, 6.45) is 4.19. The van der Waals surface area contributed by atoms with Gasteiger partial charge in [0, 0.05) is 6.42 Å². The Morgan fingerprint density at radius 3 is 2.30 bits per heavy atom. The molecule has 0 saturated heterocycles. The van der Waals surface area contributed by atoms with E-state index in [1.807, 2.05) is 0 Å². The van der Waals surface area contributed by atoms with Gasteiger partial charge < -0.3 is 0 Å². The van der Waals surface area contributed by atoms with E-state index in [2.05, 4.69) is 26.8 Å². The van der Waals surface area contributed by atoms with Crippen molar-refractivity contribution in [2.24, 2.45) is 5.41 Å². The summed E-state index contributed by atoms with van der Waals surface area (Å²) in [6, 6.07) is 2.18. The van der Waals surface area contributed by atoms with Crippen LogP contribution in [-0.2, 0) is 0 Å². The van der Waals surface area contributed by atoms with Crippen LogP contribution in [0.5, 0.6) is 0 Å². The van der Waals surface area contributed by atoms with Crippen molar-refractivity contribution in [3.8, 4) is 6.07 Å². The summed E-state index contributed by atoms with van der Waals surface area (Å²) >= 11 is 0. The van der Waals surface area contributed by atoms with Gasteiger partial charge in [0.15, 0.2) is 0 Å². The molecule has 10 heavy (non-hydrogen) atoms. The van der Waals surface area contributed by atoms with E-state index in [4.69, 9.17) is 5.26 Å². The Balaban J connectivity index is 3.54. The largest absolute Gasteiger partial charge is 0.198 e. The third-order valence-corrected chi connectivity index (χ3v) is 1.84. The van der Waals surface area contributed by atoms with E-state index in [1.165, 1.54) is 12.8 Å². The topological polar surface area (TPSA) is 23.8 Å². The van der Waals surface area contributed by atoms with E-state index < -0.39 is 0 Å². The molecule has 0 aromatic carbocycles. The summed E-state index contributed by atoms with van der Waals surface area (Å²) in [5, 5.41) is 8.35. The molecule has 0 unspecified atom stereocenters. The van der Waals surface area contributed by atoms with E-state index in [-0.39, 0.29) is 0 Å². The number of nitriles is 1. The number of hydrogen-bond donors (Lipinski definition) is 0. The molecule has 0 saturated carbocycles. The monoisotopic (exact) mass is 139 g/mol. The van der Waals surface area contributed by atoms with Crippen molar-refractivity contribution in [1.82, 2.24) is 0 Å². The molecule has 0 radical (unpaired) electrons. The van der Waals surface area contributed by atoms with E-state index in [9.17, 15) is 0 Å². The molecule has 0 bridgehead atoms. The number of hydrogen-bond acceptors (Lipinski definition) is 1. The highest BCUT2D eigenvalue weighted by molar-refractivity contribution is 4.76. The van der Waals surface area contributed by atoms with E-state index >= 15 is 0 Å². The van der Waals surface area contributed by atoms with Gasteiger partial charge in [0.05, 0.1) is 6.07 Å². The average molecular weight is 139 g/mol. The number of nitrogens with zero attached hydrogens (tertiary/aromatic N) is 1. The van der Waals surface area contributed by atoms with Gasteiger partial charge in [0.1, 0.15) is 0 Å². The van der Waals surface area contributed by atoms with Crippen LogP contribution < -0.4 is 0 Å². The van der Waals surface area contributed by atoms with Crippen LogP contribution in [0.2, 0.25) is 0 Å². The molecule has 0 spiro atoms. The van der Waals surface area contributed by atoms with Gasteiger partial charge in [-0.1, -0.05) is 27.2 Å². The Kier molecular flexibility index (Phi) is 4.11. The third kappa shape index (κ3) is 4.38. The smallest absolute Gasteiger partial charge is 0.0621 e. The van der Waals surface area contributed by atoms with Gasteiger partial charge in [-0.3, -0.25) is 0 Å². The standard InChI is InChI=1S/C9H17N/c1-4-6-9(2,3)7-5-8-10/h4-7H2,1-3H3. The van der Waals surface area contributed by atoms with Crippen molar-refractivity contribution in [3.63, 3.8) is 0 Å². The molecule has 0 heterocycles. The first-order chi connectivity index (χ1) is 4.62. The molecule has 0 aromatic rings. The molecular weight excluding hydrogens is 122 g/mol. The lowest BCUT2D eigenvalue weighted by atomic mass is 9.84. The normalized spacial score (nSPS) is 11.0. The fraction of sp³-hybridized carbons (Fsp3) is 0.889. The van der Waals surface area contributed by atoms with Crippen molar-refractivity contribution in [2.45, 2.75) is 46.5 Å². The molecular formula is C9H17N. The minimum atomic E-state index is 0.379. The van der Waals surface area contributed by atoms with Gasteiger partial charge in [0.25, 0.3) is 0 Å². The summed E-state index contributed by atoms with van der Waals surface area (Å²) in [7, 11) is 0. The van der Waals surface area contributed by atoms with Crippen LogP contribution in [0.1, 0.15) is 46.5 Å². The van der Waals surface area contributed by atoms with Gasteiger partial charge in [-0.2, -0.15) is 5.26 Å². The van der Waals surface area contributed by atoms with Crippen LogP contribution in [0.25, 0.3) is 0 Å². The Morgan fingerprint density at radius 2 is 1.90 bits per heavy atom. The number of rotatable bonds is 4. The van der Waals surface area contributed by atoms with Gasteiger partial charge in [0.2, 0.25) is 0 Å². The van der Waals surface area contributed by atoms with Crippen LogP contribution in [-0.4, -0.2) is 0 Å². The molecule has 1 heteroatoms. The maximum Gasteiger partial charge on any atom is 0.0621 e. The third-order valence-electron chi connectivity index (χ3n) is 1.84. The van der Waals surface area contributed by atoms with Crippen LogP contribution >= 0.6 is 0 Å². The highest BCUT2D eigenvalue weighted by Crippen LogP contribution is 2.27. The minimum Gasteiger partial charge on any atom is -0.198 e. The second-order valence-electron chi connectivity index (χ2n) is 3.57. The van der Waals surface area contributed by atoms with Crippen molar-refractivity contribution >= 4 is 0 Å². The van der Waals surface area contributed by atoms with Crippen LogP contribution in [0.4, 0.5) is 0 Å². The summed E-state index contributed by atoms with van der Waals surface area (Å²) in [6.45, 7) is 6.65. The molecule has 0 fully saturated rings. The maximum absolute atomic E-state index is 8.35. The minimum absolute atomic E-state index is 0.379. The Hall–Kier alpha value is -0.510. The van der Waals surface area contributed by atoms with Crippen molar-refractivity contribution in [1.29, 1.82) is 5.26 Å². The summed E-state index contributed by atoms with van der Waals surface area (Å²) < 4.78 is 0. The van der Waals surface area contributed by atoms with E-state index in [0.717, 1.165) is 6.42 Å². The Bertz CT molecular complexity index is 119. The van der Waals surface area contributed by atoms with Crippen LogP contribution in [0, 0.1) is 16.7 Å². The summed E-state index contributed by atoms with van der Waals surface area (Å²) in [5.74, 6) is 0. The molecule has 0 atom stereocenters. The summed E-state index contributed by atoms with van der Waals surface area (Å²) in [5.41, 5.74) is 0.379. The SMILES string of the molecule is CCCC(C)(C)CCC#N. The Morgan fingerprint density at radius 1 is 1.30 bits per heavy atom. The molecule has 0 aliphatic heterocycles. The predicted molar refractivity (Wildman–Crippen MR) is 43.5 cm³/mol. The first kappa shape index (κ1) is 9.49. The first-order valence-corrected chi connectivity index (χ1v) is 3.99. The van der Waals surface area contributed by atoms with Gasteiger partial charge in [-0.25, -0.2) is 0 Å². The van der Waals surface area contributed by atoms with Gasteiger partial charge >= 0.3 is 0 Å². The molecule has 0 rings (SSSR count). The molecule has 0 aromatic heterocycles. The Labute approximate surface area is 64.1 Å². The van der Waals surface area contributed by atoms with E-state index in [0.29, 0.717) is 11.8 Å². The molecule has 58 valence electrons. The van der Waals surface area contributed by atoms with Gasteiger partial charge in [-0.15, -0.1) is 0 Å². The van der Waals surface area contributed by atoms with Crippen LogP contribution in [0.3, 0.4) is 0 Å². The van der Waals surface area contributed by atoms with Crippen LogP contribution in [0.15, 0.2) is 0 Å². The highest BCUT2D eigenvalue weighted by Gasteiger charge is 2.14. The quantitative estimate of drug-likeness (QED) is 0.587. The highest BCUT2D eigenvalue weighted by atomic mass is 14.3. The fourth-order valence-corrected chi connectivity index (χ4v) is 1.20. The lowest BCUT2D eigenvalue weighted by Gasteiger charge is -2.21. The predicted octanol–water partition coefficient (Wildman–Crippen LogP) is 3.12. The average Bonchev–Trinajstić information content (AvgIpc) is 1.84. The lowest BCUT2D eigenvalue weighted by Crippen LogP contribution is -2.09. The summed E-state index contributed by atoms with van der Waals surface area (Å²) in [4.78, 5) is 0. The molecule has 1 nitrogen and oxygen atoms in total. The molecule has 0 amide bonds. The fourth-order valence-electron chi connectivity index (χ4n) is 1.20. The molecule has 0 aliphatic rings. The second-order valence-corrected chi connectivity index (χ2v) is 3.57. The van der Waals surface area contributed by atoms with Crippen molar-refractivity contribution < 1.29 is 0 Å². The zero-order valence-electron chi connectivity index (χ0n) is 7.28. The molecule has 0 N–H and O–H groups in total. The second kappa shape index (κ2) is 4.33. The zero-order chi connectivity index (χ0) is 8.04. The first-order valence-electron chi connectivity index (χ1n) is 3.99. The van der Waals surface area contributed by atoms with Crippen molar-refractivity contribution in [2.75, 3.05) is 0 Å². The zero-order valence-corrected chi connectivity index (χ0v) is 7.28.